The lowest BCUT2D eigenvalue weighted by Crippen LogP contribution is -2.15. The highest BCUT2D eigenvalue weighted by Gasteiger charge is 2.42. The first-order chi connectivity index (χ1) is 16.5. The van der Waals surface area contributed by atoms with E-state index >= 15 is 0 Å². The number of aryl methyl sites for hydroxylation is 2. The molecule has 3 N–H and O–H groups in total. The summed E-state index contributed by atoms with van der Waals surface area (Å²) in [5, 5.41) is 9.75. The number of nitrogen functional groups attached to an aromatic ring is 1. The van der Waals surface area contributed by atoms with Gasteiger partial charge in [-0.25, -0.2) is 9.97 Å². The number of nitrogens with two attached hydrogens (primary N) is 1. The lowest BCUT2D eigenvalue weighted by molar-refractivity contribution is -0.139. The summed E-state index contributed by atoms with van der Waals surface area (Å²) in [7, 11) is 1.14. The van der Waals surface area contributed by atoms with E-state index in [0.29, 0.717) is 12.5 Å². The number of halogens is 5. The number of pyridine rings is 1. The molecule has 0 spiro atoms. The Bertz CT molecular complexity index is 1560. The molecular weight excluding hydrogens is 485 g/mol. The van der Waals surface area contributed by atoms with Crippen molar-refractivity contribution in [2.75, 3.05) is 5.73 Å². The lowest BCUT2D eigenvalue weighted by atomic mass is 9.98. The number of carbonyl (C=O) groups excluding carboxylic acids is 1. The van der Waals surface area contributed by atoms with Crippen molar-refractivity contribution in [1.82, 2.24) is 19.1 Å². The summed E-state index contributed by atoms with van der Waals surface area (Å²) < 4.78 is 73.9. The zero-order valence-electron chi connectivity index (χ0n) is 20.3. The molecule has 36 heavy (non-hydrogen) atoms. The van der Waals surface area contributed by atoms with Crippen LogP contribution in [0.1, 0.15) is 53.8 Å². The Balaban J connectivity index is 2.41. The van der Waals surface area contributed by atoms with E-state index < -0.39 is 51.9 Å². The molecule has 7 nitrogen and oxygen atoms in total. The molecule has 1 aromatic carbocycles. The Hall–Kier alpha value is -3.70. The van der Waals surface area contributed by atoms with Crippen molar-refractivity contribution in [2.45, 2.75) is 46.7 Å². The van der Waals surface area contributed by atoms with E-state index in [0.717, 1.165) is 11.6 Å². The summed E-state index contributed by atoms with van der Waals surface area (Å²) >= 11 is 0. The maximum Gasteiger partial charge on any atom is 0.434 e. The Morgan fingerprint density at radius 2 is 1.72 bits per heavy atom. The van der Waals surface area contributed by atoms with Crippen molar-refractivity contribution < 1.29 is 31.9 Å². The molecular formula is C24H24F5N5O2. The number of nitrogens with zero attached hydrogens (tertiary/aromatic N) is 4. The minimum absolute atomic E-state index is 0.170. The summed E-state index contributed by atoms with van der Waals surface area (Å²) in [6, 6.07) is 2.94. The number of carbonyl (C=O) groups is 1. The van der Waals surface area contributed by atoms with Crippen molar-refractivity contribution in [1.29, 1.82) is 0 Å². The topological polar surface area (TPSA) is 99.0 Å². The van der Waals surface area contributed by atoms with Crippen LogP contribution >= 0.6 is 0 Å². The molecule has 4 aromatic rings. The number of phenolic OH excluding ortho intramolecular Hbond substituents is 1. The number of aromatic hydroxyl groups is 1. The Morgan fingerprint density at radius 3 is 2.25 bits per heavy atom. The fourth-order valence-corrected chi connectivity index (χ4v) is 4.52. The monoisotopic (exact) mass is 509 g/mol. The summed E-state index contributed by atoms with van der Waals surface area (Å²) in [4.78, 5) is 20.9. The fraction of sp³-hybridized carbons (Fsp3) is 0.375. The minimum atomic E-state index is -5.06. The molecule has 0 unspecified atom stereocenters. The minimum Gasteiger partial charge on any atom is -0.508 e. The first-order valence-corrected chi connectivity index (χ1v) is 11.0. The number of fused-ring (bicyclic) bond motifs is 3. The van der Waals surface area contributed by atoms with Crippen molar-refractivity contribution >= 4 is 33.7 Å². The van der Waals surface area contributed by atoms with Crippen LogP contribution in [0.5, 0.6) is 5.75 Å². The molecule has 0 aliphatic carbocycles. The molecule has 0 bridgehead atoms. The third kappa shape index (κ3) is 3.58. The second-order valence-corrected chi connectivity index (χ2v) is 9.23. The van der Waals surface area contributed by atoms with E-state index in [1.54, 1.807) is 6.92 Å². The van der Waals surface area contributed by atoms with Crippen LogP contribution in [0.15, 0.2) is 12.1 Å². The molecule has 0 aliphatic rings. The van der Waals surface area contributed by atoms with Gasteiger partial charge >= 0.3 is 12.1 Å². The van der Waals surface area contributed by atoms with Crippen LogP contribution in [0.25, 0.3) is 27.8 Å². The van der Waals surface area contributed by atoms with Crippen LogP contribution < -0.4 is 5.73 Å². The molecule has 0 aliphatic heterocycles. The number of imidazole rings is 1. The lowest BCUT2D eigenvalue weighted by Gasteiger charge is -2.16. The van der Waals surface area contributed by atoms with Crippen molar-refractivity contribution in [3.05, 3.63) is 40.3 Å². The predicted molar refractivity (Wildman–Crippen MR) is 125 cm³/mol. The van der Waals surface area contributed by atoms with Gasteiger partial charge in [-0.1, -0.05) is 19.9 Å². The number of alkyl halides is 5. The molecule has 0 radical (unpaired) electrons. The predicted octanol–water partition coefficient (Wildman–Crippen LogP) is 5.79. The van der Waals surface area contributed by atoms with Gasteiger partial charge in [0.1, 0.15) is 17.1 Å². The number of Topliss-reactive ketones (excluding diaryl/α,β-unsaturated/α-hetero) is 1. The van der Waals surface area contributed by atoms with Crippen molar-refractivity contribution in [3.8, 4) is 11.4 Å². The van der Waals surface area contributed by atoms with Gasteiger partial charge in [0.15, 0.2) is 22.9 Å². The van der Waals surface area contributed by atoms with Gasteiger partial charge < -0.3 is 15.4 Å². The van der Waals surface area contributed by atoms with E-state index in [2.05, 4.69) is 9.97 Å². The summed E-state index contributed by atoms with van der Waals surface area (Å²) in [5.74, 6) is -6.24. The van der Waals surface area contributed by atoms with Gasteiger partial charge in [0, 0.05) is 30.8 Å². The summed E-state index contributed by atoms with van der Waals surface area (Å²) in [6.07, 6.45) is -5.06. The van der Waals surface area contributed by atoms with Gasteiger partial charge in [0.05, 0.1) is 16.8 Å². The largest absolute Gasteiger partial charge is 0.508 e. The molecule has 0 fully saturated rings. The number of ketones is 1. The smallest absolute Gasteiger partial charge is 0.434 e. The molecule has 4 rings (SSSR count). The number of phenols is 1. The molecule has 0 saturated heterocycles. The van der Waals surface area contributed by atoms with Gasteiger partial charge in [-0.3, -0.25) is 9.36 Å². The van der Waals surface area contributed by atoms with Crippen molar-refractivity contribution in [3.63, 3.8) is 0 Å². The van der Waals surface area contributed by atoms with E-state index in [-0.39, 0.29) is 33.9 Å². The molecule has 0 amide bonds. The molecule has 0 saturated carbocycles. The van der Waals surface area contributed by atoms with Gasteiger partial charge in [0.2, 0.25) is 0 Å². The third-order valence-corrected chi connectivity index (χ3v) is 6.21. The van der Waals surface area contributed by atoms with E-state index in [9.17, 15) is 31.9 Å². The van der Waals surface area contributed by atoms with Crippen molar-refractivity contribution in [2.24, 2.45) is 13.0 Å². The van der Waals surface area contributed by atoms with E-state index in [4.69, 9.17) is 5.73 Å². The Morgan fingerprint density at radius 1 is 1.11 bits per heavy atom. The van der Waals surface area contributed by atoms with Crippen LogP contribution in [-0.2, 0) is 19.1 Å². The second-order valence-electron chi connectivity index (χ2n) is 9.23. The number of rotatable bonds is 4. The highest BCUT2D eigenvalue weighted by atomic mass is 19.4. The van der Waals surface area contributed by atoms with Crippen LogP contribution in [0.2, 0.25) is 0 Å². The van der Waals surface area contributed by atoms with Crippen LogP contribution in [0, 0.1) is 19.8 Å². The number of benzene rings is 1. The quantitative estimate of drug-likeness (QED) is 0.268. The maximum absolute atomic E-state index is 14.4. The van der Waals surface area contributed by atoms with Crippen LogP contribution in [0.3, 0.4) is 0 Å². The number of aromatic nitrogens is 4. The third-order valence-electron chi connectivity index (χ3n) is 6.21. The molecule has 192 valence electrons. The van der Waals surface area contributed by atoms with Gasteiger partial charge in [-0.2, -0.15) is 22.0 Å². The molecule has 3 heterocycles. The van der Waals surface area contributed by atoms with E-state index in [1.807, 2.05) is 0 Å². The molecule has 12 heteroatoms. The van der Waals surface area contributed by atoms with Crippen LogP contribution in [-0.4, -0.2) is 30.0 Å². The average Bonchev–Trinajstić information content (AvgIpc) is 3.24. The zero-order chi connectivity index (χ0) is 27.1. The average molecular weight is 509 g/mol. The zero-order valence-corrected chi connectivity index (χ0v) is 20.3. The summed E-state index contributed by atoms with van der Waals surface area (Å²) in [6.45, 7) is 6.75. The first kappa shape index (κ1) is 25.4. The Kier molecular flexibility index (Phi) is 5.57. The SMILES string of the molecule is Cc1ccc(O)c(C)c1-n1c(N)c(C(=O)C(C)C)c2c(C(F)(F)F)nc3c(nc(C(C)(F)F)n3C)c21. The highest BCUT2D eigenvalue weighted by molar-refractivity contribution is 6.19. The number of hydrogen-bond acceptors (Lipinski definition) is 5. The highest BCUT2D eigenvalue weighted by Crippen LogP contribution is 2.45. The summed E-state index contributed by atoms with van der Waals surface area (Å²) in [5.41, 5.74) is 4.46. The van der Waals surface area contributed by atoms with Gasteiger partial charge in [-0.15, -0.1) is 0 Å². The second kappa shape index (κ2) is 7.90. The Labute approximate surface area is 202 Å². The number of anilines is 1. The fourth-order valence-electron chi connectivity index (χ4n) is 4.52. The maximum atomic E-state index is 14.4. The first-order valence-electron chi connectivity index (χ1n) is 11.0. The standard InChI is InChI=1S/C24H24F5N5O2/c1-9(2)18(36)14-13-17(34(20(14)30)16-10(3)7-8-12(35)11(16)4)15-21(32-19(13)24(27,28)29)33(6)22(31-15)23(5,25)26/h7-9,35H,30H2,1-6H3. The van der Waals surface area contributed by atoms with E-state index in [1.165, 1.54) is 37.5 Å². The normalized spacial score (nSPS) is 12.9. The molecule has 0 atom stereocenters. The number of hydrogen-bond donors (Lipinski definition) is 2. The van der Waals surface area contributed by atoms with Gasteiger partial charge in [0.25, 0.3) is 0 Å². The molecule has 3 aromatic heterocycles. The van der Waals surface area contributed by atoms with Crippen LogP contribution in [0.4, 0.5) is 27.8 Å². The van der Waals surface area contributed by atoms with Gasteiger partial charge in [-0.05, 0) is 25.5 Å².